The number of hydrogen-bond acceptors (Lipinski definition) is 5. The van der Waals surface area contributed by atoms with E-state index in [1.165, 1.54) is 161 Å². The largest absolute Gasteiger partial charge is 0.472 e. The Morgan fingerprint density at radius 3 is 1.38 bits per heavy atom. The molecule has 0 aromatic heterocycles. The van der Waals surface area contributed by atoms with Crippen molar-refractivity contribution in [3.05, 3.63) is 36.5 Å². The minimum atomic E-state index is -4.35. The molecule has 0 aliphatic carbocycles. The Bertz CT molecular complexity index is 1040. The average molecular weight is 840 g/mol. The van der Waals surface area contributed by atoms with Crippen LogP contribution in [-0.4, -0.2) is 73.4 Å². The van der Waals surface area contributed by atoms with Crippen LogP contribution in [-0.2, 0) is 18.4 Å². The van der Waals surface area contributed by atoms with E-state index in [0.717, 1.165) is 38.5 Å². The van der Waals surface area contributed by atoms with Gasteiger partial charge in [-0.3, -0.25) is 13.8 Å². The zero-order valence-electron chi connectivity index (χ0n) is 38.8. The molecule has 3 atom stereocenters. The van der Waals surface area contributed by atoms with Crippen LogP contribution in [0.15, 0.2) is 36.5 Å². The number of aliphatic hydroxyl groups is 1. The molecule has 0 aromatic carbocycles. The van der Waals surface area contributed by atoms with Crippen molar-refractivity contribution < 1.29 is 32.9 Å². The number of carbonyl (C=O) groups is 1. The van der Waals surface area contributed by atoms with Crippen LogP contribution >= 0.6 is 7.82 Å². The highest BCUT2D eigenvalue weighted by molar-refractivity contribution is 7.47. The van der Waals surface area contributed by atoms with Gasteiger partial charge in [0.25, 0.3) is 0 Å². The van der Waals surface area contributed by atoms with E-state index in [9.17, 15) is 19.4 Å². The first-order chi connectivity index (χ1) is 28.0. The van der Waals surface area contributed by atoms with Crippen LogP contribution in [0.4, 0.5) is 0 Å². The molecule has 0 aliphatic rings. The Morgan fingerprint density at radius 2 is 0.948 bits per heavy atom. The topological polar surface area (TPSA) is 105 Å². The molecule has 342 valence electrons. The summed E-state index contributed by atoms with van der Waals surface area (Å²) in [6.45, 7) is 4.80. The van der Waals surface area contributed by atoms with E-state index in [0.29, 0.717) is 17.4 Å². The van der Waals surface area contributed by atoms with Crippen LogP contribution in [0.5, 0.6) is 0 Å². The van der Waals surface area contributed by atoms with Crippen LogP contribution in [0.2, 0.25) is 0 Å². The molecule has 0 rings (SSSR count). The fourth-order valence-corrected chi connectivity index (χ4v) is 7.67. The van der Waals surface area contributed by atoms with Crippen molar-refractivity contribution in [3.8, 4) is 0 Å². The van der Waals surface area contributed by atoms with Gasteiger partial charge in [0.1, 0.15) is 13.2 Å². The van der Waals surface area contributed by atoms with Gasteiger partial charge in [0.05, 0.1) is 39.9 Å². The van der Waals surface area contributed by atoms with E-state index >= 15 is 0 Å². The summed E-state index contributed by atoms with van der Waals surface area (Å²) in [5.74, 6) is -0.189. The number of amides is 1. The Labute approximate surface area is 359 Å². The van der Waals surface area contributed by atoms with Gasteiger partial charge in [0, 0.05) is 6.42 Å². The Hall–Kier alpha value is -1.28. The summed E-state index contributed by atoms with van der Waals surface area (Å²) in [5, 5.41) is 13.8. The van der Waals surface area contributed by atoms with Crippen molar-refractivity contribution in [3.63, 3.8) is 0 Å². The molecule has 0 heterocycles. The fourth-order valence-electron chi connectivity index (χ4n) is 6.93. The zero-order chi connectivity index (χ0) is 42.8. The molecule has 0 aliphatic heterocycles. The number of aliphatic hydroxyl groups excluding tert-OH is 1. The summed E-state index contributed by atoms with van der Waals surface area (Å²) in [6.07, 6.45) is 50.7. The number of rotatable bonds is 44. The smallest absolute Gasteiger partial charge is 0.387 e. The number of nitrogens with zero attached hydrogens (tertiary/aromatic N) is 1. The molecule has 1 unspecified atom stereocenters. The third-order valence-corrected chi connectivity index (χ3v) is 11.8. The van der Waals surface area contributed by atoms with E-state index in [4.69, 9.17) is 9.05 Å². The average Bonchev–Trinajstić information content (AvgIpc) is 3.17. The summed E-state index contributed by atoms with van der Waals surface area (Å²) in [4.78, 5) is 23.2. The highest BCUT2D eigenvalue weighted by atomic mass is 31.2. The normalized spacial score (nSPS) is 14.5. The van der Waals surface area contributed by atoms with Gasteiger partial charge in [-0.15, -0.1) is 0 Å². The lowest BCUT2D eigenvalue weighted by atomic mass is 10.0. The van der Waals surface area contributed by atoms with E-state index in [1.54, 1.807) is 6.08 Å². The standard InChI is InChI=1S/C49H95N2O6P/c1-6-8-10-12-14-16-18-20-22-24-25-27-29-31-33-35-37-39-41-43-49(53)50-47(46-57-58(54,55)56-45-44-51(3,4)5)48(52)42-40-38-36-34-32-30-28-26-23-21-19-17-15-13-11-9-7-2/h20,22,32,34,40,42,47-48,52H,6-19,21,23-31,33,35-39,41,43-46H2,1-5H3,(H-,50,53,54,55)/p+1/b22-20+,34-32+,42-40+/t47-,48+/m0/s1. The predicted octanol–water partition coefficient (Wildman–Crippen LogP) is 13.9. The molecular formula is C49H96N2O6P+. The van der Waals surface area contributed by atoms with Crippen molar-refractivity contribution in [1.29, 1.82) is 0 Å². The minimum Gasteiger partial charge on any atom is -0.387 e. The summed E-state index contributed by atoms with van der Waals surface area (Å²) in [7, 11) is 1.56. The van der Waals surface area contributed by atoms with Gasteiger partial charge in [0.15, 0.2) is 0 Å². The van der Waals surface area contributed by atoms with Crippen LogP contribution < -0.4 is 5.32 Å². The summed E-state index contributed by atoms with van der Waals surface area (Å²) in [5.41, 5.74) is 0. The van der Waals surface area contributed by atoms with E-state index in [-0.39, 0.29) is 19.1 Å². The second-order valence-corrected chi connectivity index (χ2v) is 19.3. The number of likely N-dealkylation sites (N-methyl/N-ethyl adjacent to an activating group) is 1. The number of nitrogens with one attached hydrogen (secondary N) is 1. The van der Waals surface area contributed by atoms with Crippen LogP contribution in [0.3, 0.4) is 0 Å². The van der Waals surface area contributed by atoms with Gasteiger partial charge in [-0.1, -0.05) is 192 Å². The first-order valence-electron chi connectivity index (χ1n) is 24.4. The second-order valence-electron chi connectivity index (χ2n) is 17.8. The van der Waals surface area contributed by atoms with Crippen molar-refractivity contribution in [2.75, 3.05) is 40.9 Å². The zero-order valence-corrected chi connectivity index (χ0v) is 39.7. The van der Waals surface area contributed by atoms with Crippen LogP contribution in [0, 0.1) is 0 Å². The second kappa shape index (κ2) is 41.1. The third-order valence-electron chi connectivity index (χ3n) is 10.8. The Morgan fingerprint density at radius 1 is 0.569 bits per heavy atom. The van der Waals surface area contributed by atoms with E-state index < -0.39 is 20.0 Å². The third kappa shape index (κ3) is 42.8. The Balaban J connectivity index is 4.39. The Kier molecular flexibility index (Phi) is 40.2. The number of phosphoric ester groups is 1. The van der Waals surface area contributed by atoms with Crippen molar-refractivity contribution in [1.82, 2.24) is 5.32 Å². The number of quaternary nitrogens is 1. The lowest BCUT2D eigenvalue weighted by Gasteiger charge is -2.25. The number of carbonyl (C=O) groups excluding carboxylic acids is 1. The van der Waals surface area contributed by atoms with Gasteiger partial charge in [0.2, 0.25) is 5.91 Å². The molecule has 0 aromatic rings. The summed E-state index contributed by atoms with van der Waals surface area (Å²) in [6, 6.07) is -0.862. The van der Waals surface area contributed by atoms with E-state index in [1.807, 2.05) is 27.2 Å². The van der Waals surface area contributed by atoms with Gasteiger partial charge < -0.3 is 19.8 Å². The maximum Gasteiger partial charge on any atom is 0.472 e. The molecule has 58 heavy (non-hydrogen) atoms. The fraction of sp³-hybridized carbons (Fsp3) is 0.857. The summed E-state index contributed by atoms with van der Waals surface area (Å²) < 4.78 is 23.6. The van der Waals surface area contributed by atoms with Crippen molar-refractivity contribution >= 4 is 13.7 Å². The minimum absolute atomic E-state index is 0.0561. The number of unbranched alkanes of at least 4 members (excludes halogenated alkanes) is 27. The van der Waals surface area contributed by atoms with Gasteiger partial charge in [-0.05, 0) is 57.8 Å². The summed E-state index contributed by atoms with van der Waals surface area (Å²) >= 11 is 0. The molecular weight excluding hydrogens is 744 g/mol. The lowest BCUT2D eigenvalue weighted by Crippen LogP contribution is -2.45. The molecule has 0 fully saturated rings. The van der Waals surface area contributed by atoms with Gasteiger partial charge in [-0.25, -0.2) is 4.57 Å². The van der Waals surface area contributed by atoms with Gasteiger partial charge >= 0.3 is 7.82 Å². The van der Waals surface area contributed by atoms with Crippen LogP contribution in [0.1, 0.15) is 219 Å². The van der Waals surface area contributed by atoms with E-state index in [2.05, 4.69) is 43.5 Å². The molecule has 1 amide bonds. The van der Waals surface area contributed by atoms with Crippen molar-refractivity contribution in [2.24, 2.45) is 0 Å². The highest BCUT2D eigenvalue weighted by Crippen LogP contribution is 2.43. The first kappa shape index (κ1) is 56.7. The molecule has 0 bridgehead atoms. The number of phosphoric acid groups is 1. The first-order valence-corrected chi connectivity index (χ1v) is 25.9. The number of hydrogen-bond donors (Lipinski definition) is 3. The monoisotopic (exact) mass is 840 g/mol. The predicted molar refractivity (Wildman–Crippen MR) is 249 cm³/mol. The molecule has 0 spiro atoms. The molecule has 9 heteroatoms. The molecule has 0 saturated heterocycles. The SMILES string of the molecule is CCCCCCCC/C=C/CCCCCCCCCCCC(=O)N[C@@H](COP(=O)(O)OCC[N+](C)(C)C)[C@H](O)/C=C/CC/C=C/CCCCCCCCCCCCC. The quantitative estimate of drug-likeness (QED) is 0.0244. The molecule has 3 N–H and O–H groups in total. The number of allylic oxidation sites excluding steroid dienone is 5. The molecule has 8 nitrogen and oxygen atoms in total. The van der Waals surface area contributed by atoms with Crippen LogP contribution in [0.25, 0.3) is 0 Å². The maximum atomic E-state index is 12.9. The molecule has 0 saturated carbocycles. The molecule has 0 radical (unpaired) electrons. The maximum absolute atomic E-state index is 12.9. The van der Waals surface area contributed by atoms with Gasteiger partial charge in [-0.2, -0.15) is 0 Å². The van der Waals surface area contributed by atoms with Crippen molar-refractivity contribution in [2.45, 2.75) is 231 Å². The highest BCUT2D eigenvalue weighted by Gasteiger charge is 2.27. The lowest BCUT2D eigenvalue weighted by molar-refractivity contribution is -0.870.